The second kappa shape index (κ2) is 5.67. The van der Waals surface area contributed by atoms with Crippen LogP contribution in [0, 0.1) is 11.8 Å². The maximum absolute atomic E-state index is 12.3. The fourth-order valence-electron chi connectivity index (χ4n) is 3.28. The number of aliphatic hydroxyl groups is 1. The Morgan fingerprint density at radius 2 is 2.21 bits per heavy atom. The maximum atomic E-state index is 12.3. The summed E-state index contributed by atoms with van der Waals surface area (Å²) >= 11 is 0. The molecule has 3 atom stereocenters. The van der Waals surface area contributed by atoms with Gasteiger partial charge in [-0.3, -0.25) is 0 Å². The first kappa shape index (κ1) is 14.6. The molecule has 5 nitrogen and oxygen atoms in total. The average molecular weight is 270 g/mol. The third-order valence-electron chi connectivity index (χ3n) is 4.07. The Labute approximate surface area is 115 Å². The summed E-state index contributed by atoms with van der Waals surface area (Å²) in [6.07, 6.45) is 1.64. The van der Waals surface area contributed by atoms with Crippen LogP contribution in [0.3, 0.4) is 0 Å². The zero-order chi connectivity index (χ0) is 14.0. The van der Waals surface area contributed by atoms with Crippen molar-refractivity contribution in [2.45, 2.75) is 45.3 Å². The van der Waals surface area contributed by atoms with Crippen molar-refractivity contribution in [2.24, 2.45) is 11.8 Å². The molecule has 0 saturated carbocycles. The van der Waals surface area contributed by atoms with Crippen LogP contribution in [0.4, 0.5) is 4.79 Å². The molecule has 2 N–H and O–H groups in total. The number of fused-ring (bicyclic) bond motifs is 1. The first-order chi connectivity index (χ1) is 8.92. The van der Waals surface area contributed by atoms with E-state index in [0.29, 0.717) is 18.4 Å². The van der Waals surface area contributed by atoms with E-state index >= 15 is 0 Å². The Kier molecular flexibility index (Phi) is 4.36. The lowest BCUT2D eigenvalue weighted by atomic mass is 9.84. The van der Waals surface area contributed by atoms with Crippen LogP contribution in [0.2, 0.25) is 0 Å². The van der Waals surface area contributed by atoms with Crippen molar-refractivity contribution in [3.63, 3.8) is 0 Å². The van der Waals surface area contributed by atoms with E-state index < -0.39 is 5.60 Å². The van der Waals surface area contributed by atoms with Crippen molar-refractivity contribution >= 4 is 6.09 Å². The Morgan fingerprint density at radius 1 is 1.47 bits per heavy atom. The molecule has 1 amide bonds. The molecule has 0 aliphatic carbocycles. The second-order valence-corrected chi connectivity index (χ2v) is 6.63. The van der Waals surface area contributed by atoms with Gasteiger partial charge in [-0.2, -0.15) is 0 Å². The number of rotatable bonds is 2. The molecule has 0 radical (unpaired) electrons. The Bertz CT molecular complexity index is 327. The number of nitrogens with zero attached hydrogens (tertiary/aromatic N) is 1. The second-order valence-electron chi connectivity index (χ2n) is 6.63. The molecule has 0 aromatic carbocycles. The Morgan fingerprint density at radius 3 is 2.84 bits per heavy atom. The number of nitrogens with one attached hydrogen (secondary N) is 1. The molecule has 2 fully saturated rings. The summed E-state index contributed by atoms with van der Waals surface area (Å²) in [6.45, 7) is 8.43. The summed E-state index contributed by atoms with van der Waals surface area (Å²) in [5.74, 6) is 0.908. The fraction of sp³-hybridized carbons (Fsp3) is 0.929. The standard InChI is InChI=1S/C14H26N2O3/c1-14(2,3)19-13(18)16-9-10(5-7-17)11-4-6-15-8-12(11)16/h10-12,15,17H,4-9H2,1-3H3/t10-,11?,12?/m0/s1. The van der Waals surface area contributed by atoms with Crippen LogP contribution >= 0.6 is 0 Å². The van der Waals surface area contributed by atoms with Gasteiger partial charge in [0, 0.05) is 19.7 Å². The molecular formula is C14H26N2O3. The van der Waals surface area contributed by atoms with Gasteiger partial charge in [0.05, 0.1) is 6.04 Å². The van der Waals surface area contributed by atoms with Gasteiger partial charge in [-0.15, -0.1) is 0 Å². The maximum Gasteiger partial charge on any atom is 0.410 e. The van der Waals surface area contributed by atoms with Crippen LogP contribution in [-0.4, -0.2) is 54.0 Å². The third kappa shape index (κ3) is 3.39. The number of ether oxygens (including phenoxy) is 1. The van der Waals surface area contributed by atoms with Crippen LogP contribution in [0.25, 0.3) is 0 Å². The summed E-state index contributed by atoms with van der Waals surface area (Å²) in [5, 5.41) is 12.5. The van der Waals surface area contributed by atoms with Crippen molar-refractivity contribution in [1.82, 2.24) is 10.2 Å². The first-order valence-corrected chi connectivity index (χ1v) is 7.23. The van der Waals surface area contributed by atoms with E-state index in [0.717, 1.165) is 25.9 Å². The zero-order valence-corrected chi connectivity index (χ0v) is 12.2. The van der Waals surface area contributed by atoms with Gasteiger partial charge >= 0.3 is 6.09 Å². The van der Waals surface area contributed by atoms with Gasteiger partial charge in [0.2, 0.25) is 0 Å². The highest BCUT2D eigenvalue weighted by Crippen LogP contribution is 2.36. The van der Waals surface area contributed by atoms with Crippen LogP contribution in [-0.2, 0) is 4.74 Å². The predicted molar refractivity (Wildman–Crippen MR) is 72.9 cm³/mol. The molecule has 110 valence electrons. The van der Waals surface area contributed by atoms with E-state index in [9.17, 15) is 9.90 Å². The minimum absolute atomic E-state index is 0.198. The number of hydrogen-bond donors (Lipinski definition) is 2. The summed E-state index contributed by atoms with van der Waals surface area (Å²) in [4.78, 5) is 14.1. The topological polar surface area (TPSA) is 61.8 Å². The van der Waals surface area contributed by atoms with Gasteiger partial charge in [-0.05, 0) is 52.0 Å². The molecule has 19 heavy (non-hydrogen) atoms. The number of piperidine rings is 1. The van der Waals surface area contributed by atoms with Gasteiger partial charge in [0.15, 0.2) is 0 Å². The normalized spacial score (nSPS) is 31.2. The van der Waals surface area contributed by atoms with Crippen molar-refractivity contribution in [1.29, 1.82) is 0 Å². The van der Waals surface area contributed by atoms with Gasteiger partial charge in [-0.25, -0.2) is 4.79 Å². The van der Waals surface area contributed by atoms with Crippen molar-refractivity contribution in [2.75, 3.05) is 26.2 Å². The molecule has 2 aliphatic heterocycles. The van der Waals surface area contributed by atoms with Crippen LogP contribution < -0.4 is 5.32 Å². The number of carbonyl (C=O) groups is 1. The Hall–Kier alpha value is -0.810. The molecule has 0 aromatic heterocycles. The molecule has 0 spiro atoms. The number of amides is 1. The highest BCUT2D eigenvalue weighted by atomic mass is 16.6. The minimum Gasteiger partial charge on any atom is -0.444 e. The van der Waals surface area contributed by atoms with Gasteiger partial charge in [-0.1, -0.05) is 0 Å². The van der Waals surface area contributed by atoms with Gasteiger partial charge < -0.3 is 20.1 Å². The number of aliphatic hydroxyl groups excluding tert-OH is 1. The smallest absolute Gasteiger partial charge is 0.410 e. The van der Waals surface area contributed by atoms with Crippen LogP contribution in [0.1, 0.15) is 33.6 Å². The highest BCUT2D eigenvalue weighted by molar-refractivity contribution is 5.69. The molecule has 5 heteroatoms. The lowest BCUT2D eigenvalue weighted by Gasteiger charge is -2.33. The number of likely N-dealkylation sites (tertiary alicyclic amines) is 1. The molecule has 2 heterocycles. The van der Waals surface area contributed by atoms with Crippen molar-refractivity contribution in [3.8, 4) is 0 Å². The minimum atomic E-state index is -0.455. The molecule has 2 aliphatic rings. The van der Waals surface area contributed by atoms with Crippen molar-refractivity contribution in [3.05, 3.63) is 0 Å². The quantitative estimate of drug-likeness (QED) is 0.792. The van der Waals surface area contributed by atoms with Gasteiger partial charge in [0.25, 0.3) is 0 Å². The summed E-state index contributed by atoms with van der Waals surface area (Å²) in [7, 11) is 0. The summed E-state index contributed by atoms with van der Waals surface area (Å²) in [5.41, 5.74) is -0.455. The molecule has 0 aromatic rings. The van der Waals surface area contributed by atoms with Gasteiger partial charge in [0.1, 0.15) is 5.60 Å². The zero-order valence-electron chi connectivity index (χ0n) is 12.2. The lowest BCUT2D eigenvalue weighted by molar-refractivity contribution is 0.0194. The van der Waals surface area contributed by atoms with E-state index in [2.05, 4.69) is 5.32 Å². The molecule has 2 saturated heterocycles. The molecular weight excluding hydrogens is 244 g/mol. The van der Waals surface area contributed by atoms with E-state index in [4.69, 9.17) is 4.74 Å². The van der Waals surface area contributed by atoms with E-state index in [1.807, 2.05) is 25.7 Å². The van der Waals surface area contributed by atoms with E-state index in [1.165, 1.54) is 0 Å². The van der Waals surface area contributed by atoms with E-state index in [1.54, 1.807) is 0 Å². The van der Waals surface area contributed by atoms with Crippen LogP contribution in [0.15, 0.2) is 0 Å². The molecule has 0 bridgehead atoms. The largest absolute Gasteiger partial charge is 0.444 e. The predicted octanol–water partition coefficient (Wildman–Crippen LogP) is 1.21. The lowest BCUT2D eigenvalue weighted by Crippen LogP contribution is -2.49. The molecule has 2 unspecified atom stereocenters. The number of carbonyl (C=O) groups excluding carboxylic acids is 1. The average Bonchev–Trinajstić information content (AvgIpc) is 2.67. The number of hydrogen-bond acceptors (Lipinski definition) is 4. The monoisotopic (exact) mass is 270 g/mol. The summed E-state index contributed by atoms with van der Waals surface area (Å²) in [6, 6.07) is 0.222. The SMILES string of the molecule is CC(C)(C)OC(=O)N1C[C@H](CCO)C2CCNCC21. The van der Waals surface area contributed by atoms with Crippen LogP contribution in [0.5, 0.6) is 0 Å². The van der Waals surface area contributed by atoms with E-state index in [-0.39, 0.29) is 18.7 Å². The third-order valence-corrected chi connectivity index (χ3v) is 4.07. The fourth-order valence-corrected chi connectivity index (χ4v) is 3.28. The first-order valence-electron chi connectivity index (χ1n) is 7.23. The highest BCUT2D eigenvalue weighted by Gasteiger charge is 2.45. The van der Waals surface area contributed by atoms with Crippen molar-refractivity contribution < 1.29 is 14.6 Å². The molecule has 2 rings (SSSR count). The summed E-state index contributed by atoms with van der Waals surface area (Å²) < 4.78 is 5.49. The Balaban J connectivity index is 2.06.